The van der Waals surface area contributed by atoms with Crippen molar-refractivity contribution >= 4 is 0 Å². The van der Waals surface area contributed by atoms with Crippen LogP contribution in [0.2, 0.25) is 0 Å². The summed E-state index contributed by atoms with van der Waals surface area (Å²) in [5.74, 6) is 0.232. The summed E-state index contributed by atoms with van der Waals surface area (Å²) in [5.41, 5.74) is 0.975. The summed E-state index contributed by atoms with van der Waals surface area (Å²) in [6.07, 6.45) is 0. The fourth-order valence-corrected chi connectivity index (χ4v) is 0.642. The summed E-state index contributed by atoms with van der Waals surface area (Å²) in [6.45, 7) is 1.87. The Kier molecular flexibility index (Phi) is 1.30. The first-order chi connectivity index (χ1) is 4.20. The van der Waals surface area contributed by atoms with Crippen molar-refractivity contribution in [1.29, 1.82) is 0 Å². The third kappa shape index (κ3) is 1.13. The molecule has 0 bridgehead atoms. The molecule has 0 aromatic heterocycles. The van der Waals surface area contributed by atoms with E-state index < -0.39 is 0 Å². The van der Waals surface area contributed by atoms with Crippen LogP contribution in [0, 0.1) is 6.92 Å². The van der Waals surface area contributed by atoms with E-state index in [1.807, 2.05) is 6.92 Å². The number of phenolic OH excluding ortho intramolecular Hbond substituents is 1. The molecule has 1 aromatic carbocycles. The Hall–Kier alpha value is -1.18. The average Bonchev–Trinajstić information content (AvgIpc) is 1.80. The summed E-state index contributed by atoms with van der Waals surface area (Å²) >= 11 is 0. The highest BCUT2D eigenvalue weighted by Crippen LogP contribution is 2.23. The molecule has 0 aliphatic rings. The highest BCUT2D eigenvalue weighted by atomic mass is 16.3. The van der Waals surface area contributed by atoms with Crippen LogP contribution in [-0.4, -0.2) is 10.2 Å². The molecule has 0 fully saturated rings. The lowest BCUT2D eigenvalue weighted by molar-refractivity contribution is 0.403. The number of phenols is 1. The molecule has 1 aromatic rings. The van der Waals surface area contributed by atoms with E-state index in [-0.39, 0.29) is 11.5 Å². The van der Waals surface area contributed by atoms with Crippen LogP contribution in [0.5, 0.6) is 11.5 Å². The van der Waals surface area contributed by atoms with Gasteiger partial charge in [0.1, 0.15) is 0 Å². The molecule has 48 valence electrons. The predicted molar refractivity (Wildman–Crippen MR) is 35.9 cm³/mol. The topological polar surface area (TPSA) is 43.1 Å². The van der Waals surface area contributed by atoms with Gasteiger partial charge in [0.15, 0.2) is 0 Å². The molecule has 0 radical (unpaired) electrons. The summed E-state index contributed by atoms with van der Waals surface area (Å²) in [7, 11) is 0. The summed E-state index contributed by atoms with van der Waals surface area (Å²) in [6, 6.07) is 4.94. The third-order valence-electron chi connectivity index (χ3n) is 1.15. The Bertz CT molecular complexity index is 218. The van der Waals surface area contributed by atoms with E-state index in [1.54, 1.807) is 18.2 Å². The third-order valence-corrected chi connectivity index (χ3v) is 1.15. The smallest absolute Gasteiger partial charge is 0.296 e. The molecule has 0 heterocycles. The van der Waals surface area contributed by atoms with Gasteiger partial charge in [0, 0.05) is 6.07 Å². The second kappa shape index (κ2) is 1.97. The second-order valence-corrected chi connectivity index (χ2v) is 2.02. The maximum absolute atomic E-state index is 8.91. The van der Waals surface area contributed by atoms with Crippen LogP contribution in [0.1, 0.15) is 5.56 Å². The molecule has 2 heteroatoms. The van der Waals surface area contributed by atoms with Gasteiger partial charge in [-0.2, -0.15) is 0 Å². The standard InChI is InChI=1S/C7H8O2/c1-5-2-3-6(8)7(9)4-5/h2-4,8-9H,1H3/p+1. The molecular formula is C7H9O2+. The molecule has 1 rings (SSSR count). The van der Waals surface area contributed by atoms with Crippen LogP contribution in [0.15, 0.2) is 18.2 Å². The van der Waals surface area contributed by atoms with E-state index in [0.717, 1.165) is 5.56 Å². The molecule has 0 unspecified atom stereocenters. The molecule has 0 amide bonds. The SMILES string of the molecule is Cc1ccc([OH2+])c(O)c1. The zero-order valence-electron chi connectivity index (χ0n) is 5.18. The number of rotatable bonds is 0. The number of hydrogen-bond acceptors (Lipinski definition) is 1. The lowest BCUT2D eigenvalue weighted by Crippen LogP contribution is -1.70. The molecule has 0 saturated carbocycles. The molecule has 2 nitrogen and oxygen atoms in total. The number of benzene rings is 1. The molecular weight excluding hydrogens is 116 g/mol. The van der Waals surface area contributed by atoms with E-state index in [0.29, 0.717) is 0 Å². The first kappa shape index (κ1) is 5.95. The Morgan fingerprint density at radius 3 is 2.56 bits per heavy atom. The number of aryl methyl sites for hydroxylation is 1. The zero-order valence-corrected chi connectivity index (χ0v) is 5.18. The van der Waals surface area contributed by atoms with E-state index in [1.165, 1.54) is 0 Å². The fourth-order valence-electron chi connectivity index (χ4n) is 0.642. The van der Waals surface area contributed by atoms with E-state index in [4.69, 9.17) is 10.2 Å². The largest absolute Gasteiger partial charge is 0.591 e. The molecule has 0 aliphatic heterocycles. The van der Waals surface area contributed by atoms with Gasteiger partial charge in [0.25, 0.3) is 5.75 Å². The van der Waals surface area contributed by atoms with Crippen LogP contribution in [0.4, 0.5) is 0 Å². The lowest BCUT2D eigenvalue weighted by Gasteiger charge is -1.92. The predicted octanol–water partition coefficient (Wildman–Crippen LogP) is 1.14. The first-order valence-corrected chi connectivity index (χ1v) is 2.71. The van der Waals surface area contributed by atoms with E-state index >= 15 is 0 Å². The van der Waals surface area contributed by atoms with Crippen molar-refractivity contribution in [2.24, 2.45) is 0 Å². The van der Waals surface area contributed by atoms with Gasteiger partial charge < -0.3 is 10.2 Å². The maximum atomic E-state index is 8.91. The van der Waals surface area contributed by atoms with Crippen molar-refractivity contribution in [3.8, 4) is 11.5 Å². The quantitative estimate of drug-likeness (QED) is 0.519. The van der Waals surface area contributed by atoms with Gasteiger partial charge in [-0.25, -0.2) is 0 Å². The van der Waals surface area contributed by atoms with Crippen LogP contribution in [-0.2, 0) is 0 Å². The van der Waals surface area contributed by atoms with Gasteiger partial charge in [-0.3, -0.25) is 0 Å². The fraction of sp³-hybridized carbons (Fsp3) is 0.143. The van der Waals surface area contributed by atoms with Crippen molar-refractivity contribution in [3.05, 3.63) is 23.8 Å². The van der Waals surface area contributed by atoms with Crippen molar-refractivity contribution in [2.75, 3.05) is 0 Å². The number of aromatic hydroxyl groups is 1. The van der Waals surface area contributed by atoms with Crippen LogP contribution in [0.3, 0.4) is 0 Å². The van der Waals surface area contributed by atoms with Crippen molar-refractivity contribution in [1.82, 2.24) is 0 Å². The Labute approximate surface area is 53.4 Å². The highest BCUT2D eigenvalue weighted by Gasteiger charge is 1.99. The van der Waals surface area contributed by atoms with E-state index in [2.05, 4.69) is 0 Å². The Balaban J connectivity index is 3.17. The van der Waals surface area contributed by atoms with Crippen LogP contribution >= 0.6 is 0 Å². The molecule has 9 heavy (non-hydrogen) atoms. The zero-order chi connectivity index (χ0) is 6.85. The van der Waals surface area contributed by atoms with Gasteiger partial charge in [0.05, 0.1) is 0 Å². The van der Waals surface area contributed by atoms with Gasteiger partial charge in [-0.1, -0.05) is 0 Å². The molecule has 0 saturated heterocycles. The monoisotopic (exact) mass is 125 g/mol. The van der Waals surface area contributed by atoms with Crippen molar-refractivity contribution in [3.63, 3.8) is 0 Å². The van der Waals surface area contributed by atoms with E-state index in [9.17, 15) is 0 Å². The normalized spacial score (nSPS) is 9.44. The minimum absolute atomic E-state index is 0.0509. The van der Waals surface area contributed by atoms with Crippen molar-refractivity contribution in [2.45, 2.75) is 6.92 Å². The summed E-state index contributed by atoms with van der Waals surface area (Å²) in [5, 5.41) is 16.0. The average molecular weight is 125 g/mol. The maximum Gasteiger partial charge on any atom is 0.296 e. The van der Waals surface area contributed by atoms with Gasteiger partial charge in [-0.15, -0.1) is 0 Å². The summed E-state index contributed by atoms with van der Waals surface area (Å²) in [4.78, 5) is 0. The highest BCUT2D eigenvalue weighted by molar-refractivity contribution is 5.39. The second-order valence-electron chi connectivity index (χ2n) is 2.02. The lowest BCUT2D eigenvalue weighted by atomic mass is 10.2. The molecule has 3 N–H and O–H groups in total. The van der Waals surface area contributed by atoms with Crippen molar-refractivity contribution < 1.29 is 10.2 Å². The molecule has 0 atom stereocenters. The minimum Gasteiger partial charge on any atom is -0.591 e. The first-order valence-electron chi connectivity index (χ1n) is 2.71. The summed E-state index contributed by atoms with van der Waals surface area (Å²) < 4.78 is 0. The van der Waals surface area contributed by atoms with Crippen LogP contribution in [0.25, 0.3) is 0 Å². The molecule has 0 spiro atoms. The van der Waals surface area contributed by atoms with Gasteiger partial charge in [0.2, 0.25) is 5.75 Å². The molecule has 0 aliphatic carbocycles. The minimum atomic E-state index is 0.0509. The Morgan fingerprint density at radius 1 is 1.44 bits per heavy atom. The van der Waals surface area contributed by atoms with Gasteiger partial charge in [-0.05, 0) is 24.6 Å². The number of hydrogen-bond donors (Lipinski definition) is 1. The van der Waals surface area contributed by atoms with Gasteiger partial charge >= 0.3 is 0 Å². The Morgan fingerprint density at radius 2 is 2.11 bits per heavy atom. The van der Waals surface area contributed by atoms with Crippen LogP contribution < -0.4 is 0 Å².